The molecule has 4 heteroatoms. The first-order valence-electron chi connectivity index (χ1n) is 2.76. The third-order valence-electron chi connectivity index (χ3n) is 1.17. The number of rotatable bonds is 0. The van der Waals surface area contributed by atoms with Crippen molar-refractivity contribution in [1.29, 1.82) is 0 Å². The van der Waals surface area contributed by atoms with E-state index in [2.05, 4.69) is 0 Å². The summed E-state index contributed by atoms with van der Waals surface area (Å²) < 4.78 is 5.09. The van der Waals surface area contributed by atoms with Crippen molar-refractivity contribution in [2.24, 2.45) is 0 Å². The third kappa shape index (κ3) is 1.53. The van der Waals surface area contributed by atoms with E-state index < -0.39 is 0 Å². The molecule has 0 aliphatic carbocycles. The van der Waals surface area contributed by atoms with Gasteiger partial charge >= 0.3 is 0 Å². The van der Waals surface area contributed by atoms with Crippen molar-refractivity contribution in [2.75, 3.05) is 27.5 Å². The van der Waals surface area contributed by atoms with Gasteiger partial charge in [-0.3, -0.25) is 4.90 Å². The first-order valence-corrected chi connectivity index (χ1v) is 3.17. The highest BCUT2D eigenvalue weighted by Crippen LogP contribution is 2.00. The molecule has 0 N–H and O–H groups in total. The summed E-state index contributed by atoms with van der Waals surface area (Å²) in [6.07, 6.45) is 0. The predicted molar refractivity (Wildman–Crippen MR) is 38.9 cm³/mol. The van der Waals surface area contributed by atoms with Crippen LogP contribution in [0.1, 0.15) is 0 Å². The van der Waals surface area contributed by atoms with Crippen molar-refractivity contribution < 1.29 is 4.74 Å². The lowest BCUT2D eigenvalue weighted by Crippen LogP contribution is -2.44. The molecule has 1 aliphatic rings. The summed E-state index contributed by atoms with van der Waals surface area (Å²) in [7, 11) is 3.90. The second kappa shape index (κ2) is 2.49. The van der Waals surface area contributed by atoms with Crippen LogP contribution in [0.15, 0.2) is 0 Å². The number of hydrogen-bond donors (Lipinski definition) is 0. The fourth-order valence-electron chi connectivity index (χ4n) is 0.736. The van der Waals surface area contributed by atoms with Crippen molar-refractivity contribution >= 4 is 17.4 Å². The van der Waals surface area contributed by atoms with Crippen LogP contribution in [0.2, 0.25) is 0 Å². The molecule has 1 fully saturated rings. The van der Waals surface area contributed by atoms with E-state index in [4.69, 9.17) is 17.0 Å². The normalized spacial score (nSPS) is 22.0. The van der Waals surface area contributed by atoms with Gasteiger partial charge in [0.05, 0.1) is 6.67 Å². The first kappa shape index (κ1) is 6.77. The molecule has 0 aromatic heterocycles. The van der Waals surface area contributed by atoms with Crippen LogP contribution in [0.4, 0.5) is 0 Å². The Balaban J connectivity index is 2.44. The molecule has 0 spiro atoms. The Morgan fingerprint density at radius 3 is 2.67 bits per heavy atom. The van der Waals surface area contributed by atoms with Gasteiger partial charge in [-0.1, -0.05) is 0 Å². The molecule has 1 rings (SSSR count). The summed E-state index contributed by atoms with van der Waals surface area (Å²) in [4.78, 5) is 3.93. The van der Waals surface area contributed by atoms with Gasteiger partial charge in [0.2, 0.25) is 0 Å². The number of ether oxygens (including phenoxy) is 1. The largest absolute Gasteiger partial charge is 0.455 e. The second-order valence-electron chi connectivity index (χ2n) is 2.23. The molecule has 0 aromatic rings. The van der Waals surface area contributed by atoms with E-state index in [9.17, 15) is 0 Å². The lowest BCUT2D eigenvalue weighted by Gasteiger charge is -2.31. The Bertz CT molecular complexity index is 128. The summed E-state index contributed by atoms with van der Waals surface area (Å²) in [5.74, 6) is 0. The van der Waals surface area contributed by atoms with E-state index >= 15 is 0 Å². The zero-order valence-corrected chi connectivity index (χ0v) is 6.44. The van der Waals surface area contributed by atoms with E-state index in [1.54, 1.807) is 0 Å². The van der Waals surface area contributed by atoms with Gasteiger partial charge in [0.25, 0.3) is 5.17 Å². The van der Waals surface area contributed by atoms with E-state index in [1.165, 1.54) is 0 Å². The predicted octanol–water partition coefficient (Wildman–Crippen LogP) is 0.0801. The topological polar surface area (TPSA) is 15.7 Å². The molecule has 1 heterocycles. The number of nitrogens with zero attached hydrogens (tertiary/aromatic N) is 2. The van der Waals surface area contributed by atoms with Crippen LogP contribution in [0.3, 0.4) is 0 Å². The SMILES string of the molecule is CN1COC(=S)N(C)C1. The molecule has 0 amide bonds. The minimum Gasteiger partial charge on any atom is -0.455 e. The number of thiocarbonyl (C=S) groups is 1. The molecule has 0 bridgehead atoms. The Kier molecular flexibility index (Phi) is 1.87. The van der Waals surface area contributed by atoms with Gasteiger partial charge in [-0.15, -0.1) is 0 Å². The lowest BCUT2D eigenvalue weighted by molar-refractivity contribution is 0.0518. The standard InChI is InChI=1S/C5H10N2OS/c1-6-3-7(2)5(9)8-4-6/h3-4H2,1-2H3. The zero-order valence-electron chi connectivity index (χ0n) is 5.63. The van der Waals surface area contributed by atoms with Crippen molar-refractivity contribution in [3.05, 3.63) is 0 Å². The average molecular weight is 146 g/mol. The summed E-state index contributed by atoms with van der Waals surface area (Å²) in [5.41, 5.74) is 0. The van der Waals surface area contributed by atoms with E-state index in [-0.39, 0.29) is 0 Å². The van der Waals surface area contributed by atoms with Crippen LogP contribution in [0.5, 0.6) is 0 Å². The van der Waals surface area contributed by atoms with Crippen LogP contribution < -0.4 is 0 Å². The third-order valence-corrected chi connectivity index (χ3v) is 1.60. The minimum atomic E-state index is 0.591. The highest BCUT2D eigenvalue weighted by atomic mass is 32.1. The highest BCUT2D eigenvalue weighted by molar-refractivity contribution is 7.80. The number of hydrogen-bond acceptors (Lipinski definition) is 3. The monoisotopic (exact) mass is 146 g/mol. The maximum absolute atomic E-state index is 5.09. The lowest BCUT2D eigenvalue weighted by atomic mass is 10.7. The highest BCUT2D eigenvalue weighted by Gasteiger charge is 2.14. The van der Waals surface area contributed by atoms with Crippen LogP contribution in [0, 0.1) is 0 Å². The van der Waals surface area contributed by atoms with Gasteiger partial charge in [-0.2, -0.15) is 0 Å². The minimum absolute atomic E-state index is 0.591. The smallest absolute Gasteiger partial charge is 0.261 e. The molecule has 3 nitrogen and oxygen atoms in total. The van der Waals surface area contributed by atoms with Gasteiger partial charge < -0.3 is 9.64 Å². The molecular weight excluding hydrogens is 136 g/mol. The molecule has 0 saturated carbocycles. The van der Waals surface area contributed by atoms with Crippen LogP contribution in [-0.4, -0.2) is 42.5 Å². The van der Waals surface area contributed by atoms with Gasteiger partial charge in [0.15, 0.2) is 0 Å². The fourth-order valence-corrected chi connectivity index (χ4v) is 0.847. The Hall–Kier alpha value is -0.350. The molecule has 52 valence electrons. The maximum atomic E-state index is 5.09. The summed E-state index contributed by atoms with van der Waals surface area (Å²) >= 11 is 4.86. The first-order chi connectivity index (χ1) is 4.20. The van der Waals surface area contributed by atoms with Gasteiger partial charge in [0.1, 0.15) is 6.73 Å². The fraction of sp³-hybridized carbons (Fsp3) is 0.800. The molecule has 1 aliphatic heterocycles. The van der Waals surface area contributed by atoms with Crippen LogP contribution in [0.25, 0.3) is 0 Å². The van der Waals surface area contributed by atoms with Gasteiger partial charge in [-0.05, 0) is 19.3 Å². The second-order valence-corrected chi connectivity index (χ2v) is 2.58. The molecule has 0 radical (unpaired) electrons. The van der Waals surface area contributed by atoms with E-state index in [0.29, 0.717) is 11.9 Å². The van der Waals surface area contributed by atoms with Crippen molar-refractivity contribution in [1.82, 2.24) is 9.80 Å². The Morgan fingerprint density at radius 2 is 2.22 bits per heavy atom. The summed E-state index contributed by atoms with van der Waals surface area (Å²) in [5, 5.41) is 0.591. The summed E-state index contributed by atoms with van der Waals surface area (Å²) in [6.45, 7) is 1.47. The zero-order chi connectivity index (χ0) is 6.85. The van der Waals surface area contributed by atoms with Crippen LogP contribution in [-0.2, 0) is 4.74 Å². The van der Waals surface area contributed by atoms with Crippen molar-refractivity contribution in [2.45, 2.75) is 0 Å². The maximum Gasteiger partial charge on any atom is 0.261 e. The average Bonchev–Trinajstić information content (AvgIpc) is 1.80. The molecule has 0 atom stereocenters. The van der Waals surface area contributed by atoms with Gasteiger partial charge in [0, 0.05) is 7.05 Å². The summed E-state index contributed by atoms with van der Waals surface area (Å²) in [6, 6.07) is 0. The molecule has 0 aromatic carbocycles. The molecule has 1 saturated heterocycles. The molecule has 0 unspecified atom stereocenters. The molecular formula is C5H10N2OS. The molecule has 9 heavy (non-hydrogen) atoms. The van der Waals surface area contributed by atoms with Crippen molar-refractivity contribution in [3.8, 4) is 0 Å². The van der Waals surface area contributed by atoms with Crippen LogP contribution >= 0.6 is 12.2 Å². The Morgan fingerprint density at radius 1 is 1.56 bits per heavy atom. The van der Waals surface area contributed by atoms with E-state index in [0.717, 1.165) is 6.67 Å². The quantitative estimate of drug-likeness (QED) is 0.449. The van der Waals surface area contributed by atoms with Crippen molar-refractivity contribution in [3.63, 3.8) is 0 Å². The van der Waals surface area contributed by atoms with E-state index in [1.807, 2.05) is 23.9 Å². The van der Waals surface area contributed by atoms with Gasteiger partial charge in [-0.25, -0.2) is 0 Å². The Labute approximate surface area is 60.2 Å².